The molecule has 8 nitrogen and oxygen atoms in total. The molecule has 1 heterocycles. The summed E-state index contributed by atoms with van der Waals surface area (Å²) in [6, 6.07) is 13.7. The first-order chi connectivity index (χ1) is 20.0. The summed E-state index contributed by atoms with van der Waals surface area (Å²) in [5.41, 5.74) is 18.9. The van der Waals surface area contributed by atoms with Crippen LogP contribution in [0.4, 0.5) is 30.9 Å². The van der Waals surface area contributed by atoms with Gasteiger partial charge in [0.1, 0.15) is 11.2 Å². The summed E-state index contributed by atoms with van der Waals surface area (Å²) in [5, 5.41) is 0. The van der Waals surface area contributed by atoms with Crippen LogP contribution in [0.3, 0.4) is 0 Å². The van der Waals surface area contributed by atoms with Gasteiger partial charge in [-0.05, 0) is 76.6 Å². The first-order valence-corrected chi connectivity index (χ1v) is 15.9. The van der Waals surface area contributed by atoms with Gasteiger partial charge in [-0.1, -0.05) is 52.0 Å². The predicted molar refractivity (Wildman–Crippen MR) is 169 cm³/mol. The fourth-order valence-corrected chi connectivity index (χ4v) is 4.23. The summed E-state index contributed by atoms with van der Waals surface area (Å²) >= 11 is 0. The third-order valence-electron chi connectivity index (χ3n) is 6.15. The van der Waals surface area contributed by atoms with Gasteiger partial charge in [0.05, 0.1) is 35.0 Å². The molecule has 0 saturated heterocycles. The van der Waals surface area contributed by atoms with Gasteiger partial charge in [0.2, 0.25) is 0 Å². The van der Waals surface area contributed by atoms with Gasteiger partial charge in [-0.25, -0.2) is 4.98 Å². The van der Waals surface area contributed by atoms with Crippen LogP contribution in [-0.4, -0.2) is 46.5 Å². The zero-order valence-electron chi connectivity index (χ0n) is 27.3. The Morgan fingerprint density at radius 3 is 1.44 bits per heavy atom. The van der Waals surface area contributed by atoms with E-state index < -0.39 is 7.81 Å². The number of halogens is 6. The molecule has 2 radical (unpaired) electrons. The summed E-state index contributed by atoms with van der Waals surface area (Å²) in [6.07, 6.45) is 0. The number of hydrogen-bond donors (Lipinski definition) is 0. The molecule has 0 atom stereocenters. The number of nitrogens with zero attached hydrogens (tertiary/aromatic N) is 6. The van der Waals surface area contributed by atoms with Crippen LogP contribution in [0, 0.1) is 9.81 Å². The van der Waals surface area contributed by atoms with E-state index in [4.69, 9.17) is 36.0 Å². The van der Waals surface area contributed by atoms with Gasteiger partial charge in [0, 0.05) is 35.7 Å². The molecule has 0 aliphatic heterocycles. The minimum absolute atomic E-state index is 0. The van der Waals surface area contributed by atoms with Gasteiger partial charge < -0.3 is 0 Å². The molecule has 0 amide bonds. The second kappa shape index (κ2) is 19.2. The molecule has 0 spiro atoms. The molecule has 0 fully saturated rings. The second-order valence-electron chi connectivity index (χ2n) is 11.1. The van der Waals surface area contributed by atoms with Gasteiger partial charge in [-0.2, -0.15) is 0 Å². The molecule has 0 unspecified atom stereocenters. The van der Waals surface area contributed by atoms with Crippen molar-refractivity contribution in [1.82, 2.24) is 21.1 Å². The maximum absolute atomic E-state index is 10.7. The fraction of sp³-hybridized carbons (Fsp3) is 0.552. The number of nitroso groups, excluding NO2 is 2. The number of aliphatic imine (C=N–C) groups is 2. The first kappa shape index (κ1) is 46.8. The van der Waals surface area contributed by atoms with Crippen LogP contribution >= 0.6 is 7.81 Å². The van der Waals surface area contributed by atoms with E-state index in [9.17, 15) is 25.2 Å². The van der Waals surface area contributed by atoms with E-state index >= 15 is 0 Å². The van der Waals surface area contributed by atoms with Crippen molar-refractivity contribution in [2.45, 2.75) is 93.2 Å². The van der Waals surface area contributed by atoms with Crippen LogP contribution in [0.1, 0.15) is 104 Å². The van der Waals surface area contributed by atoms with Crippen molar-refractivity contribution in [3.63, 3.8) is 0 Å². The summed E-state index contributed by atoms with van der Waals surface area (Å²) in [7, 11) is -10.7. The number of benzene rings is 1. The molecule has 45 heavy (non-hydrogen) atoms. The van der Waals surface area contributed by atoms with Crippen LogP contribution in [0.5, 0.6) is 0 Å². The Balaban J connectivity index is -0.00000128. The van der Waals surface area contributed by atoms with Gasteiger partial charge in [-0.15, -0.1) is 9.81 Å². The smallest absolute Gasteiger partial charge is 0.120 e. The monoisotopic (exact) mass is 709 g/mol. The van der Waals surface area contributed by atoms with Crippen molar-refractivity contribution >= 4 is 24.9 Å². The standard InChI is InChI=1S/C29H44N4.F6P.Fe.2NO/c1-19(2)25-13-11-14-26(20(3)4)29(25)31-24(10)28-16-12-15-27(32-28)23(9)30-17-18-33(21(5)6)22(7)8;1-7(2,3,4,5)6;;2*1-2/h11-16,19-22H,17-18H2,1-10H3;;;;/q;-1;;;. The molecule has 16 heteroatoms. The quantitative estimate of drug-likeness (QED) is 0.106. The van der Waals surface area contributed by atoms with Gasteiger partial charge in [0.15, 0.2) is 0 Å². The molecule has 0 N–H and O–H groups in total. The zero-order valence-corrected chi connectivity index (χ0v) is 29.3. The molecular weight excluding hydrogens is 665 g/mol. The average Bonchev–Trinajstić information content (AvgIpc) is 2.90. The minimum Gasteiger partial charge on any atom is -0.120 e. The average molecular weight is 710 g/mol. The predicted octanol–water partition coefficient (Wildman–Crippen LogP) is 9.88. The van der Waals surface area contributed by atoms with Crippen LogP contribution in [0.2, 0.25) is 0 Å². The number of aromatic nitrogens is 1. The Bertz CT molecular complexity index is 1200. The number of pyridine rings is 1. The topological polar surface area (TPSA) is 120 Å². The Hall–Kier alpha value is -2.60. The van der Waals surface area contributed by atoms with Gasteiger partial charge in [0.25, 0.3) is 0 Å². The van der Waals surface area contributed by atoms with Crippen molar-refractivity contribution in [3.05, 3.63) is 68.7 Å². The molecule has 0 bridgehead atoms. The van der Waals surface area contributed by atoms with E-state index in [0.717, 1.165) is 41.6 Å². The SMILES string of the molecule is CC(=NCCN(C(C)C)C(C)C)c1cccc(C(C)=Nc2c(C(C)C)cccc2C(C)C)n1.F[P-](F)(F)(F)(F)F.[Fe].[N]=O.[N]=O. The second-order valence-corrected chi connectivity index (χ2v) is 13.0. The van der Waals surface area contributed by atoms with Crippen molar-refractivity contribution in [1.29, 1.82) is 0 Å². The van der Waals surface area contributed by atoms with E-state index in [1.807, 2.05) is 12.1 Å². The Morgan fingerprint density at radius 2 is 1.09 bits per heavy atom. The van der Waals surface area contributed by atoms with E-state index in [1.165, 1.54) is 11.1 Å². The summed E-state index contributed by atoms with van der Waals surface area (Å²) < 4.78 is 59.2. The van der Waals surface area contributed by atoms with Crippen LogP contribution < -0.4 is 11.2 Å². The molecule has 258 valence electrons. The zero-order chi connectivity index (χ0) is 35.1. The van der Waals surface area contributed by atoms with E-state index in [0.29, 0.717) is 23.9 Å². The maximum atomic E-state index is 9.87. The van der Waals surface area contributed by atoms with E-state index in [1.54, 1.807) is 0 Å². The van der Waals surface area contributed by atoms with E-state index in [-0.39, 0.29) is 17.1 Å². The number of hydrogen-bond acceptors (Lipinski definition) is 6. The van der Waals surface area contributed by atoms with Gasteiger partial charge >= 0.3 is 33.0 Å². The molecule has 0 saturated carbocycles. The van der Waals surface area contributed by atoms with Gasteiger partial charge in [-0.3, -0.25) is 14.9 Å². The normalized spacial score (nSPS) is 13.5. The number of para-hydroxylation sites is 1. The molecular formula is C29H44F6FeN6O2P-. The number of rotatable bonds is 10. The summed E-state index contributed by atoms with van der Waals surface area (Å²) in [6.45, 7) is 23.7. The largest absolute Gasteiger partial charge is 0.120 e. The Labute approximate surface area is 272 Å². The Morgan fingerprint density at radius 1 is 0.733 bits per heavy atom. The molecule has 1 aromatic heterocycles. The van der Waals surface area contributed by atoms with Crippen molar-refractivity contribution in [3.8, 4) is 0 Å². The third kappa shape index (κ3) is 20.9. The van der Waals surface area contributed by atoms with E-state index in [2.05, 4.69) is 98.4 Å². The van der Waals surface area contributed by atoms with Crippen molar-refractivity contribution < 1.29 is 42.3 Å². The molecule has 1 aromatic carbocycles. The summed E-state index contributed by atoms with van der Waals surface area (Å²) in [4.78, 5) is 31.8. The van der Waals surface area contributed by atoms with Crippen LogP contribution in [0.15, 0.2) is 46.4 Å². The van der Waals surface area contributed by atoms with Crippen LogP contribution in [-0.2, 0) is 17.1 Å². The van der Waals surface area contributed by atoms with Crippen molar-refractivity contribution in [2.75, 3.05) is 13.1 Å². The molecule has 2 rings (SSSR count). The van der Waals surface area contributed by atoms with Crippen molar-refractivity contribution in [2.24, 2.45) is 9.98 Å². The summed E-state index contributed by atoms with van der Waals surface area (Å²) in [5.74, 6) is 0.834. The fourth-order valence-electron chi connectivity index (χ4n) is 4.23. The van der Waals surface area contributed by atoms with Crippen LogP contribution in [0.25, 0.3) is 0 Å². The third-order valence-corrected chi connectivity index (χ3v) is 6.15. The minimum atomic E-state index is -10.7. The maximum Gasteiger partial charge on any atom is 0.120 e. The molecule has 0 aliphatic rings. The first-order valence-electron chi connectivity index (χ1n) is 13.8. The molecule has 2 aromatic rings. The molecule has 0 aliphatic carbocycles. The Kier molecular flexibility index (Phi) is 19.9.